The highest BCUT2D eigenvalue weighted by Gasteiger charge is 2.30. The highest BCUT2D eigenvalue weighted by molar-refractivity contribution is 7.86. The molecule has 9 nitrogen and oxygen atoms in total. The van der Waals surface area contributed by atoms with Gasteiger partial charge in [-0.2, -0.15) is 0 Å². The highest BCUT2D eigenvalue weighted by atomic mass is 32.2. The van der Waals surface area contributed by atoms with Gasteiger partial charge in [0.25, 0.3) is 5.91 Å². The van der Waals surface area contributed by atoms with Gasteiger partial charge in [0.15, 0.2) is 11.5 Å². The lowest BCUT2D eigenvalue weighted by Gasteiger charge is -2.27. The zero-order valence-electron chi connectivity index (χ0n) is 23.4. The van der Waals surface area contributed by atoms with E-state index in [0.29, 0.717) is 53.6 Å². The standard InChI is InChI=1S/C30H39N5O4S/c1-30(2)17-22(36)10-6-4-5-7-16-39-27-21(18-32-3)9-8-11-24(27)35-29(37)26-28(31)33-19-25(34-26)20-12-14-23(15-13-20)40(30)38/h8-9,11-15,19,22,32,36H,4-7,10,16-18H2,1-3H3,(H2,31,33)(H,35,37). The Morgan fingerprint density at radius 3 is 2.65 bits per heavy atom. The minimum Gasteiger partial charge on any atom is -0.491 e. The van der Waals surface area contributed by atoms with Gasteiger partial charge in [-0.05, 0) is 58.4 Å². The van der Waals surface area contributed by atoms with Crippen LogP contribution in [0.4, 0.5) is 11.5 Å². The van der Waals surface area contributed by atoms with Crippen molar-refractivity contribution in [2.24, 2.45) is 0 Å². The van der Waals surface area contributed by atoms with Gasteiger partial charge in [0.1, 0.15) is 5.75 Å². The van der Waals surface area contributed by atoms with Gasteiger partial charge in [0.05, 0.1) is 41.1 Å². The molecule has 3 aromatic rings. The van der Waals surface area contributed by atoms with E-state index in [-0.39, 0.29) is 11.5 Å². The molecule has 2 unspecified atom stereocenters. The van der Waals surface area contributed by atoms with Gasteiger partial charge in [-0.3, -0.25) is 9.00 Å². The zero-order chi connectivity index (χ0) is 28.7. The summed E-state index contributed by atoms with van der Waals surface area (Å²) in [6.07, 6.45) is 5.73. The summed E-state index contributed by atoms with van der Waals surface area (Å²) in [6, 6.07) is 12.8. The van der Waals surface area contributed by atoms with E-state index in [4.69, 9.17) is 10.5 Å². The van der Waals surface area contributed by atoms with Crippen LogP contribution in [-0.4, -0.2) is 49.7 Å². The Kier molecular flexibility index (Phi) is 9.89. The van der Waals surface area contributed by atoms with Crippen LogP contribution in [0.3, 0.4) is 0 Å². The van der Waals surface area contributed by atoms with Crippen LogP contribution in [-0.2, 0) is 17.3 Å². The number of aromatic nitrogens is 2. The predicted octanol–water partition coefficient (Wildman–Crippen LogP) is 4.68. The van der Waals surface area contributed by atoms with E-state index >= 15 is 0 Å². The predicted molar refractivity (Wildman–Crippen MR) is 159 cm³/mol. The van der Waals surface area contributed by atoms with Gasteiger partial charge in [-0.25, -0.2) is 9.97 Å². The highest BCUT2D eigenvalue weighted by Crippen LogP contribution is 2.32. The number of benzene rings is 2. The Labute approximate surface area is 238 Å². The molecule has 214 valence electrons. The molecule has 3 heterocycles. The number of hydrogen-bond donors (Lipinski definition) is 4. The molecule has 2 atom stereocenters. The lowest BCUT2D eigenvalue weighted by molar-refractivity contribution is 0.102. The molecular formula is C30H39N5O4S. The maximum Gasteiger partial charge on any atom is 0.278 e. The van der Waals surface area contributed by atoms with Crippen molar-refractivity contribution < 1.29 is 18.8 Å². The van der Waals surface area contributed by atoms with Crippen molar-refractivity contribution in [2.45, 2.75) is 74.7 Å². The van der Waals surface area contributed by atoms with Crippen LogP contribution in [0.5, 0.6) is 5.75 Å². The molecule has 40 heavy (non-hydrogen) atoms. The molecule has 2 aliphatic heterocycles. The lowest BCUT2D eigenvalue weighted by atomic mass is 10.00. The van der Waals surface area contributed by atoms with Crippen molar-refractivity contribution in [1.82, 2.24) is 15.3 Å². The van der Waals surface area contributed by atoms with E-state index < -0.39 is 27.6 Å². The SMILES string of the molecule is CNCc1cccc2c1OCCCCCCC(O)CC(C)(C)S(=O)c1ccc(cc1)-c1cnc(N)c(n1)C(=O)N2. The maximum atomic E-state index is 13.4. The topological polar surface area (TPSA) is 139 Å². The molecule has 1 aromatic heterocycles. The molecule has 4 bridgehead atoms. The number of ether oxygens (including phenoxy) is 1. The Morgan fingerprint density at radius 1 is 1.15 bits per heavy atom. The van der Waals surface area contributed by atoms with Crippen LogP contribution in [0.15, 0.2) is 53.6 Å². The molecule has 2 aliphatic rings. The summed E-state index contributed by atoms with van der Waals surface area (Å²) in [5.41, 5.74) is 8.71. The van der Waals surface area contributed by atoms with Crippen molar-refractivity contribution in [3.8, 4) is 17.0 Å². The number of aliphatic hydroxyl groups excluding tert-OH is 1. The Balaban J connectivity index is 1.68. The van der Waals surface area contributed by atoms with Gasteiger partial charge in [0, 0.05) is 27.3 Å². The largest absolute Gasteiger partial charge is 0.491 e. The molecule has 10 heteroatoms. The van der Waals surface area contributed by atoms with Crippen LogP contribution in [0, 0.1) is 0 Å². The van der Waals surface area contributed by atoms with Crippen LogP contribution >= 0.6 is 0 Å². The van der Waals surface area contributed by atoms with E-state index in [9.17, 15) is 14.1 Å². The third kappa shape index (κ3) is 7.24. The van der Waals surface area contributed by atoms with E-state index in [1.165, 1.54) is 6.20 Å². The number of fused-ring (bicyclic) bond motifs is 13. The van der Waals surface area contributed by atoms with Gasteiger partial charge in [-0.1, -0.05) is 43.5 Å². The van der Waals surface area contributed by atoms with Gasteiger partial charge < -0.3 is 26.2 Å². The molecule has 0 saturated heterocycles. The molecule has 2 aromatic carbocycles. The number of para-hydroxylation sites is 1. The van der Waals surface area contributed by atoms with E-state index in [1.54, 1.807) is 30.3 Å². The molecule has 1 amide bonds. The Hall–Kier alpha value is -3.34. The number of anilines is 2. The molecule has 5 rings (SSSR count). The fraction of sp³-hybridized carbons (Fsp3) is 0.433. The first-order chi connectivity index (χ1) is 19.2. The number of carbonyl (C=O) groups excluding carboxylic acids is 1. The van der Waals surface area contributed by atoms with E-state index in [0.717, 1.165) is 31.2 Å². The quantitative estimate of drug-likeness (QED) is 0.351. The Bertz CT molecular complexity index is 1350. The second kappa shape index (κ2) is 13.3. The average molecular weight is 566 g/mol. The van der Waals surface area contributed by atoms with E-state index in [2.05, 4.69) is 20.6 Å². The number of amides is 1. The summed E-state index contributed by atoms with van der Waals surface area (Å²) in [5.74, 6) is 0.136. The van der Waals surface area contributed by atoms with Gasteiger partial charge in [-0.15, -0.1) is 0 Å². The summed E-state index contributed by atoms with van der Waals surface area (Å²) in [5, 5.41) is 16.7. The molecule has 0 radical (unpaired) electrons. The van der Waals surface area contributed by atoms with Crippen LogP contribution in [0.2, 0.25) is 0 Å². The number of nitrogens with one attached hydrogen (secondary N) is 2. The van der Waals surface area contributed by atoms with Crippen molar-refractivity contribution in [1.29, 1.82) is 0 Å². The second-order valence-corrected chi connectivity index (χ2v) is 12.8. The molecular weight excluding hydrogens is 526 g/mol. The third-order valence-corrected chi connectivity index (χ3v) is 8.87. The average Bonchev–Trinajstić information content (AvgIpc) is 2.93. The lowest BCUT2D eigenvalue weighted by Crippen LogP contribution is -2.31. The van der Waals surface area contributed by atoms with Gasteiger partial charge >= 0.3 is 0 Å². The monoisotopic (exact) mass is 565 g/mol. The third-order valence-electron chi connectivity index (χ3n) is 7.00. The van der Waals surface area contributed by atoms with Crippen molar-refractivity contribution in [3.63, 3.8) is 0 Å². The zero-order valence-corrected chi connectivity index (χ0v) is 24.2. The minimum absolute atomic E-state index is 0.00684. The molecule has 0 spiro atoms. The molecule has 5 N–H and O–H groups in total. The maximum absolute atomic E-state index is 13.4. The normalized spacial score (nSPS) is 20.4. The number of nitrogen functional groups attached to an aromatic ring is 1. The van der Waals surface area contributed by atoms with Crippen LogP contribution in [0.25, 0.3) is 11.3 Å². The Morgan fingerprint density at radius 2 is 1.90 bits per heavy atom. The van der Waals surface area contributed by atoms with E-state index in [1.807, 2.05) is 33.0 Å². The summed E-state index contributed by atoms with van der Waals surface area (Å²) in [6.45, 7) is 4.91. The second-order valence-electron chi connectivity index (χ2n) is 10.7. The number of nitrogens with zero attached hydrogens (tertiary/aromatic N) is 2. The minimum atomic E-state index is -1.33. The first kappa shape index (κ1) is 29.6. The van der Waals surface area contributed by atoms with Crippen molar-refractivity contribution >= 4 is 28.2 Å². The number of rotatable bonds is 2. The molecule has 0 fully saturated rings. The van der Waals surface area contributed by atoms with Gasteiger partial charge in [0.2, 0.25) is 0 Å². The number of carbonyl (C=O) groups is 1. The fourth-order valence-electron chi connectivity index (χ4n) is 4.89. The first-order valence-corrected chi connectivity index (χ1v) is 14.9. The molecule has 0 aliphatic carbocycles. The number of nitrogens with two attached hydrogens (primary N) is 1. The smallest absolute Gasteiger partial charge is 0.278 e. The first-order valence-electron chi connectivity index (χ1n) is 13.7. The van der Waals surface area contributed by atoms with Crippen molar-refractivity contribution in [3.05, 3.63) is 59.9 Å². The summed E-state index contributed by atoms with van der Waals surface area (Å²) in [4.78, 5) is 22.8. The van der Waals surface area contributed by atoms with Crippen LogP contribution in [0.1, 0.15) is 68.4 Å². The number of aliphatic hydroxyl groups is 1. The molecule has 0 saturated carbocycles. The summed E-state index contributed by atoms with van der Waals surface area (Å²) >= 11 is 0. The summed E-state index contributed by atoms with van der Waals surface area (Å²) < 4.78 is 19.0. The van der Waals surface area contributed by atoms with Crippen molar-refractivity contribution in [2.75, 3.05) is 24.7 Å². The van der Waals surface area contributed by atoms with Crippen LogP contribution < -0.4 is 21.1 Å². The summed E-state index contributed by atoms with van der Waals surface area (Å²) in [7, 11) is 0.531. The fourth-order valence-corrected chi connectivity index (χ4v) is 6.26. The number of hydrogen-bond acceptors (Lipinski definition) is 8.